The first-order valence-electron chi connectivity index (χ1n) is 11.2. The number of aromatic nitrogens is 8. The second-order valence-corrected chi connectivity index (χ2v) is 9.73. The fraction of sp³-hybridized carbons (Fsp3) is 0.154. The van der Waals surface area contributed by atoms with Gasteiger partial charge in [-0.05, 0) is 43.3 Å². The van der Waals surface area contributed by atoms with E-state index in [1.807, 2.05) is 70.1 Å². The molecule has 0 atom stereocenters. The number of fused-ring (bicyclic) bond motifs is 2. The van der Waals surface area contributed by atoms with Crippen molar-refractivity contribution >= 4 is 61.2 Å². The van der Waals surface area contributed by atoms with Crippen molar-refractivity contribution in [3.05, 3.63) is 82.9 Å². The molecule has 0 unspecified atom stereocenters. The Labute approximate surface area is 231 Å². The Balaban J connectivity index is 0.000000152. The van der Waals surface area contributed by atoms with Crippen LogP contribution in [0.4, 0.5) is 0 Å². The van der Waals surface area contributed by atoms with Crippen molar-refractivity contribution in [2.24, 2.45) is 14.1 Å². The van der Waals surface area contributed by atoms with Crippen molar-refractivity contribution in [2.75, 3.05) is 0 Å². The molecule has 0 N–H and O–H groups in total. The third-order valence-corrected chi connectivity index (χ3v) is 6.63. The third kappa shape index (κ3) is 5.49. The first-order chi connectivity index (χ1) is 17.8. The molecule has 0 radical (unpaired) electrons. The molecule has 0 amide bonds. The predicted octanol–water partition coefficient (Wildman–Crippen LogP) is 6.57. The lowest BCUT2D eigenvalue weighted by Crippen LogP contribution is -1.88. The minimum Gasteiger partial charge on any atom is -0.275 e. The van der Waals surface area contributed by atoms with Gasteiger partial charge in [-0.1, -0.05) is 39.1 Å². The molecule has 0 aliphatic carbocycles. The molecule has 0 bridgehead atoms. The maximum atomic E-state index is 5.92. The van der Waals surface area contributed by atoms with Gasteiger partial charge in [-0.25, -0.2) is 9.97 Å². The minimum atomic E-state index is 0.471. The Kier molecular flexibility index (Phi) is 7.19. The van der Waals surface area contributed by atoms with Gasteiger partial charge in [0, 0.05) is 66.5 Å². The van der Waals surface area contributed by atoms with E-state index in [9.17, 15) is 0 Å². The van der Waals surface area contributed by atoms with Gasteiger partial charge in [-0.3, -0.25) is 19.3 Å². The van der Waals surface area contributed by atoms with E-state index in [1.165, 1.54) is 0 Å². The van der Waals surface area contributed by atoms with Crippen LogP contribution >= 0.6 is 39.1 Å². The second kappa shape index (κ2) is 10.5. The third-order valence-electron chi connectivity index (χ3n) is 5.67. The monoisotopic (exact) mass is 594 g/mol. The molecule has 6 aromatic heterocycles. The lowest BCUT2D eigenvalue weighted by Gasteiger charge is -2.02. The molecular weight excluding hydrogens is 575 g/mol. The van der Waals surface area contributed by atoms with Crippen molar-refractivity contribution in [2.45, 2.75) is 12.3 Å². The summed E-state index contributed by atoms with van der Waals surface area (Å²) >= 11 is 15.3. The zero-order valence-electron chi connectivity index (χ0n) is 20.2. The maximum absolute atomic E-state index is 5.92. The zero-order valence-corrected chi connectivity index (χ0v) is 23.3. The van der Waals surface area contributed by atoms with E-state index in [1.54, 1.807) is 21.5 Å². The average molecular weight is 596 g/mol. The molecular formula is C26H21BrCl2N8. The van der Waals surface area contributed by atoms with Gasteiger partial charge in [0.25, 0.3) is 0 Å². The number of aryl methyl sites for hydroxylation is 3. The number of nitrogens with zero attached hydrogens (tertiary/aromatic N) is 8. The van der Waals surface area contributed by atoms with E-state index in [-0.39, 0.29) is 0 Å². The summed E-state index contributed by atoms with van der Waals surface area (Å²) in [6.45, 7) is 1.98. The number of halogens is 3. The van der Waals surface area contributed by atoms with E-state index in [2.05, 4.69) is 46.1 Å². The number of pyridine rings is 4. The van der Waals surface area contributed by atoms with Crippen LogP contribution in [-0.2, 0) is 19.4 Å². The van der Waals surface area contributed by atoms with Gasteiger partial charge in [0.05, 0.1) is 33.5 Å². The standard InChI is InChI=1S/C13H10BrClN4.C13H11ClN4/c1-19-7-9(12(5-14)18-19)8-4-11-10(16-6-8)2-3-13(15)17-11;1-8-10(7-18(2)17-8)9-5-12-11(15-6-9)3-4-13(14)16-12/h2-4,6-7H,5H2,1H3;3-7H,1-2H3. The molecule has 0 aromatic carbocycles. The topological polar surface area (TPSA) is 87.2 Å². The van der Waals surface area contributed by atoms with E-state index in [0.29, 0.717) is 15.6 Å². The number of hydrogen-bond donors (Lipinski definition) is 0. The quantitative estimate of drug-likeness (QED) is 0.170. The van der Waals surface area contributed by atoms with Crippen molar-refractivity contribution in [3.63, 3.8) is 0 Å². The van der Waals surface area contributed by atoms with Crippen molar-refractivity contribution < 1.29 is 0 Å². The second-order valence-electron chi connectivity index (χ2n) is 8.39. The van der Waals surface area contributed by atoms with Crippen LogP contribution in [0.15, 0.2) is 61.2 Å². The Morgan fingerprint density at radius 2 is 1.24 bits per heavy atom. The molecule has 0 spiro atoms. The lowest BCUT2D eigenvalue weighted by molar-refractivity contribution is 0.755. The van der Waals surface area contributed by atoms with Crippen LogP contribution in [-0.4, -0.2) is 39.5 Å². The maximum Gasteiger partial charge on any atom is 0.129 e. The van der Waals surface area contributed by atoms with Crippen LogP contribution in [0.1, 0.15) is 11.4 Å². The Morgan fingerprint density at radius 3 is 1.76 bits per heavy atom. The highest BCUT2D eigenvalue weighted by Crippen LogP contribution is 2.27. The molecule has 11 heteroatoms. The fourth-order valence-corrected chi connectivity index (χ4v) is 4.74. The molecule has 0 aliphatic heterocycles. The highest BCUT2D eigenvalue weighted by molar-refractivity contribution is 9.08. The smallest absolute Gasteiger partial charge is 0.129 e. The molecule has 186 valence electrons. The highest BCUT2D eigenvalue weighted by Gasteiger charge is 2.11. The molecule has 0 saturated carbocycles. The van der Waals surface area contributed by atoms with Crippen LogP contribution < -0.4 is 0 Å². The largest absolute Gasteiger partial charge is 0.275 e. The van der Waals surface area contributed by atoms with Crippen LogP contribution in [0.5, 0.6) is 0 Å². The number of rotatable bonds is 3. The average Bonchev–Trinajstić information content (AvgIpc) is 3.43. The molecule has 6 rings (SSSR count). The van der Waals surface area contributed by atoms with Gasteiger partial charge < -0.3 is 0 Å². The summed E-state index contributed by atoms with van der Waals surface area (Å²) in [6.07, 6.45) is 7.62. The van der Waals surface area contributed by atoms with E-state index in [4.69, 9.17) is 23.2 Å². The van der Waals surface area contributed by atoms with Crippen LogP contribution in [0, 0.1) is 6.92 Å². The molecule has 6 aromatic rings. The van der Waals surface area contributed by atoms with Crippen molar-refractivity contribution in [1.29, 1.82) is 0 Å². The van der Waals surface area contributed by atoms with Crippen molar-refractivity contribution in [1.82, 2.24) is 39.5 Å². The molecule has 6 heterocycles. The Bertz CT molecular complexity index is 1740. The van der Waals surface area contributed by atoms with Crippen LogP contribution in [0.3, 0.4) is 0 Å². The summed E-state index contributed by atoms with van der Waals surface area (Å²) < 4.78 is 3.59. The summed E-state index contributed by atoms with van der Waals surface area (Å²) in [5, 5.41) is 10.4. The summed E-state index contributed by atoms with van der Waals surface area (Å²) in [4.78, 5) is 17.4. The highest BCUT2D eigenvalue weighted by atomic mass is 79.9. The molecule has 0 fully saturated rings. The minimum absolute atomic E-state index is 0.471. The first kappa shape index (κ1) is 25.3. The lowest BCUT2D eigenvalue weighted by atomic mass is 10.1. The normalized spacial score (nSPS) is 11.1. The number of alkyl halides is 1. The van der Waals surface area contributed by atoms with E-state index < -0.39 is 0 Å². The SMILES string of the molecule is Cc1nn(C)cc1-c1cnc2ccc(Cl)nc2c1.Cn1cc(-c2cnc3ccc(Cl)nc3c2)c(CBr)n1. The summed E-state index contributed by atoms with van der Waals surface area (Å²) in [7, 11) is 3.80. The first-order valence-corrected chi connectivity index (χ1v) is 13.1. The van der Waals surface area contributed by atoms with Gasteiger partial charge in [0.15, 0.2) is 0 Å². The zero-order chi connectivity index (χ0) is 26.1. The fourth-order valence-electron chi connectivity index (χ4n) is 4.02. The van der Waals surface area contributed by atoms with Crippen LogP contribution in [0.2, 0.25) is 10.3 Å². The Hall–Kier alpha value is -3.40. The van der Waals surface area contributed by atoms with Gasteiger partial charge in [0.2, 0.25) is 0 Å². The van der Waals surface area contributed by atoms with Crippen molar-refractivity contribution in [3.8, 4) is 22.3 Å². The molecule has 37 heavy (non-hydrogen) atoms. The molecule has 8 nitrogen and oxygen atoms in total. The molecule has 0 aliphatic rings. The Morgan fingerprint density at radius 1 is 0.730 bits per heavy atom. The van der Waals surface area contributed by atoms with Gasteiger partial charge >= 0.3 is 0 Å². The van der Waals surface area contributed by atoms with Gasteiger partial charge in [-0.2, -0.15) is 10.2 Å². The summed E-state index contributed by atoms with van der Waals surface area (Å²) in [5.74, 6) is 0. The summed E-state index contributed by atoms with van der Waals surface area (Å²) in [5.41, 5.74) is 9.31. The number of hydrogen-bond acceptors (Lipinski definition) is 6. The molecule has 0 saturated heterocycles. The van der Waals surface area contributed by atoms with Gasteiger partial charge in [0.1, 0.15) is 10.3 Å². The van der Waals surface area contributed by atoms with Gasteiger partial charge in [-0.15, -0.1) is 0 Å². The van der Waals surface area contributed by atoms with Crippen LogP contribution in [0.25, 0.3) is 44.3 Å². The van der Waals surface area contributed by atoms with E-state index >= 15 is 0 Å². The van der Waals surface area contributed by atoms with E-state index in [0.717, 1.165) is 55.7 Å². The summed E-state index contributed by atoms with van der Waals surface area (Å²) in [6, 6.07) is 11.2. The predicted molar refractivity (Wildman–Crippen MR) is 151 cm³/mol.